The summed E-state index contributed by atoms with van der Waals surface area (Å²) in [5, 5.41) is 213. The first kappa shape index (κ1) is 111. The summed E-state index contributed by atoms with van der Waals surface area (Å²) in [6.45, 7) is 1.90. The van der Waals surface area contributed by atoms with Crippen LogP contribution in [0.3, 0.4) is 0 Å². The molecule has 14 atom stereocenters. The van der Waals surface area contributed by atoms with Gasteiger partial charge in [-0.25, -0.2) is 24.0 Å². The molecule has 0 unspecified atom stereocenters. The van der Waals surface area contributed by atoms with Crippen molar-refractivity contribution in [3.8, 4) is 57.5 Å². The Morgan fingerprint density at radius 2 is 0.784 bits per heavy atom. The zero-order chi connectivity index (χ0) is 99.4. The number of carbonyl (C=O) groups excluding carboxylic acids is 4. The molecular weight excluding hydrogens is 1770 g/mol. The minimum Gasteiger partial charge on any atom is -0.508 e. The monoisotopic (exact) mass is 1890 g/mol. The second kappa shape index (κ2) is 56.9. The first-order valence-corrected chi connectivity index (χ1v) is 40.7. The number of carboxylic acids is 3. The number of aliphatic carboxylic acids is 2. The van der Waals surface area contributed by atoms with Crippen LogP contribution in [0.2, 0.25) is 0 Å². The highest BCUT2D eigenvalue weighted by Crippen LogP contribution is 2.40. The molecule has 7 aromatic rings. The molecule has 0 spiro atoms. The lowest BCUT2D eigenvalue weighted by molar-refractivity contribution is -0.327. The van der Waals surface area contributed by atoms with E-state index in [1.165, 1.54) is 105 Å². The van der Waals surface area contributed by atoms with Gasteiger partial charge in [-0.2, -0.15) is 0 Å². The molecule has 0 amide bonds. The van der Waals surface area contributed by atoms with Crippen molar-refractivity contribution in [3.05, 3.63) is 249 Å². The summed E-state index contributed by atoms with van der Waals surface area (Å²) in [6.07, 6.45) is -6.37. The molecule has 0 radical (unpaired) electrons. The molecule has 0 aromatic heterocycles. The number of hydrogen-bond donors (Lipinski definition) is 23. The van der Waals surface area contributed by atoms with E-state index in [-0.39, 0.29) is 131 Å². The van der Waals surface area contributed by atoms with Crippen LogP contribution in [-0.2, 0) is 108 Å². The van der Waals surface area contributed by atoms with Gasteiger partial charge in [-0.3, -0.25) is 9.59 Å². The zero-order valence-corrected chi connectivity index (χ0v) is 72.9. The van der Waals surface area contributed by atoms with Crippen LogP contribution >= 0.6 is 0 Å². The predicted octanol–water partition coefficient (Wildman–Crippen LogP) is 4.89. The quantitative estimate of drug-likeness (QED) is 0.00975. The summed E-state index contributed by atoms with van der Waals surface area (Å²) >= 11 is 0. The Hall–Kier alpha value is -13.7. The first-order chi connectivity index (χ1) is 63.8. The maximum atomic E-state index is 12.7. The molecule has 4 aliphatic rings. The highest BCUT2D eigenvalue weighted by Gasteiger charge is 2.49. The van der Waals surface area contributed by atoms with Gasteiger partial charge in [-0.1, -0.05) is 66.7 Å². The predicted molar refractivity (Wildman–Crippen MR) is 473 cm³/mol. The minimum absolute atomic E-state index is 0. The Labute approximate surface area is 770 Å². The number of carboxylic acid groups (broad SMARTS) is 3. The molecule has 0 saturated carbocycles. The van der Waals surface area contributed by atoms with Gasteiger partial charge in [0.2, 0.25) is 12.6 Å². The Bertz CT molecular complexity index is 5120. The number of benzene rings is 7. The van der Waals surface area contributed by atoms with Crippen LogP contribution in [0.4, 0.5) is 0 Å². The summed E-state index contributed by atoms with van der Waals surface area (Å²) in [5.74, 6) is -7.78. The van der Waals surface area contributed by atoms with Crippen LogP contribution < -0.4 is 4.74 Å². The molecule has 0 aliphatic carbocycles. The van der Waals surface area contributed by atoms with Gasteiger partial charge >= 0.3 is 41.8 Å². The van der Waals surface area contributed by atoms with Crippen molar-refractivity contribution >= 4 is 53.9 Å². The van der Waals surface area contributed by atoms with E-state index in [1.54, 1.807) is 92.7 Å². The van der Waals surface area contributed by atoms with E-state index in [0.717, 1.165) is 54.0 Å². The summed E-state index contributed by atoms with van der Waals surface area (Å²) in [5.41, 5.74) is 5.83. The van der Waals surface area contributed by atoms with E-state index in [1.807, 2.05) is 0 Å². The number of aliphatic hydroxyl groups is 11. The number of rotatable bonds is 29. The summed E-state index contributed by atoms with van der Waals surface area (Å²) in [6, 6.07) is 36.6. The highest BCUT2D eigenvalue weighted by molar-refractivity contribution is 5.92. The van der Waals surface area contributed by atoms with Gasteiger partial charge in [0.25, 0.3) is 0 Å². The molecule has 134 heavy (non-hydrogen) atoms. The fourth-order valence-corrected chi connectivity index (χ4v) is 12.5. The van der Waals surface area contributed by atoms with Crippen LogP contribution in [0, 0.1) is 11.8 Å². The fourth-order valence-electron chi connectivity index (χ4n) is 12.5. The number of esters is 4. The fraction of sp³-hybridized carbons (Fsp3) is 0.344. The molecule has 23 N–H and O–H groups in total. The number of ether oxygens (including phenoxy) is 11. The third kappa shape index (κ3) is 35.4. The number of methoxy groups -OCH3 is 3. The van der Waals surface area contributed by atoms with Crippen molar-refractivity contribution in [2.45, 2.75) is 133 Å². The molecule has 734 valence electrons. The van der Waals surface area contributed by atoms with Crippen molar-refractivity contribution in [2.24, 2.45) is 11.8 Å². The molecule has 0 bridgehead atoms. The van der Waals surface area contributed by atoms with Gasteiger partial charge < -0.3 is 170 Å². The second-order valence-corrected chi connectivity index (χ2v) is 28.9. The van der Waals surface area contributed by atoms with Gasteiger partial charge in [0.15, 0.2) is 47.1 Å². The summed E-state index contributed by atoms with van der Waals surface area (Å²) in [7, 11) is 3.71. The smallest absolute Gasteiger partial charge is 0.337 e. The first-order valence-electron chi connectivity index (χ1n) is 40.7. The Morgan fingerprint density at radius 3 is 1.16 bits per heavy atom. The third-order valence-corrected chi connectivity index (χ3v) is 19.7. The SMILES string of the molecule is C/C=C1/[C@H](O[C@@H]2O[C@H](CO)[C@@H](O)[C@H](O)[C@H]2O)OC=C(C(=O)OC)[C@H]1CC(=O)OCCc1ccc(O)c(O)c1.C/C=C1/[C@H](O[C@H]2O[C@H](CO)[C@@H](O)[C@H](O)[C@H]2O)OC=C(C(=O)OC)[C@H]1CC(=O)OCCc1ccc(O)cc1.COc1cc(C(=O)O)ccc1O.O=C(O)/C=C/c1ccc(O)c(CO)c1.O=C(O)/C=C/c1ccc(O)cc1.OCCc1ccc(O)c(O)c1.OCCc1ccc(O)cc1.[HH].[HH].[HH]. The van der Waals surface area contributed by atoms with Gasteiger partial charge in [-0.05, 0) is 163 Å². The minimum atomic E-state index is -1.69. The van der Waals surface area contributed by atoms with Gasteiger partial charge in [0.1, 0.15) is 71.8 Å². The zero-order valence-electron chi connectivity index (χ0n) is 72.9. The lowest BCUT2D eigenvalue weighted by atomic mass is 9.86. The molecule has 41 nitrogen and oxygen atoms in total. The Balaban J connectivity index is 0.000000582. The molecule has 2 fully saturated rings. The molecule has 2 saturated heterocycles. The van der Waals surface area contributed by atoms with Gasteiger partial charge in [-0.15, -0.1) is 0 Å². The van der Waals surface area contributed by atoms with Crippen molar-refractivity contribution in [1.82, 2.24) is 0 Å². The maximum absolute atomic E-state index is 12.7. The summed E-state index contributed by atoms with van der Waals surface area (Å²) < 4.78 is 58.2. The van der Waals surface area contributed by atoms with Crippen molar-refractivity contribution < 1.29 is 207 Å². The lowest BCUT2D eigenvalue weighted by Crippen LogP contribution is -2.60. The number of phenolic OH excluding ortho intramolecular Hbond substituents is 8. The number of allylic oxidation sites excluding steroid dienone is 2. The molecule has 4 heterocycles. The van der Waals surface area contributed by atoms with Crippen LogP contribution in [0.1, 0.15) is 80.3 Å². The van der Waals surface area contributed by atoms with Crippen molar-refractivity contribution in [1.29, 1.82) is 0 Å². The molecule has 7 aromatic carbocycles. The van der Waals surface area contributed by atoms with E-state index in [0.29, 0.717) is 47.1 Å². The largest absolute Gasteiger partial charge is 0.508 e. The topological polar surface area (TPSA) is 686 Å². The Morgan fingerprint density at radius 1 is 0.410 bits per heavy atom. The van der Waals surface area contributed by atoms with Crippen molar-refractivity contribution in [2.75, 3.05) is 61.0 Å². The Kier molecular flexibility index (Phi) is 47.0. The molecule has 4 aliphatic heterocycles. The molecular formula is C93H116O41. The van der Waals surface area contributed by atoms with Gasteiger partial charge in [0, 0.05) is 71.0 Å². The summed E-state index contributed by atoms with van der Waals surface area (Å²) in [4.78, 5) is 80.9. The van der Waals surface area contributed by atoms with Crippen molar-refractivity contribution in [3.63, 3.8) is 0 Å². The molecule has 11 rings (SSSR count). The van der Waals surface area contributed by atoms with Crippen LogP contribution in [-0.4, -0.2) is 294 Å². The average molecular weight is 1890 g/mol. The van der Waals surface area contributed by atoms with E-state index >= 15 is 0 Å². The normalized spacial score (nSPS) is 21.5. The number of aromatic carboxylic acids is 1. The number of phenols is 9. The lowest BCUT2D eigenvalue weighted by Gasteiger charge is -2.41. The van der Waals surface area contributed by atoms with E-state index in [4.69, 9.17) is 108 Å². The van der Waals surface area contributed by atoms with Gasteiger partial charge in [0.05, 0.1) is 96.4 Å². The average Bonchev–Trinajstić information content (AvgIpc) is 0.787. The van der Waals surface area contributed by atoms with E-state index < -0.39 is 141 Å². The number of hydrogen-bond acceptors (Lipinski definition) is 38. The standard InChI is InChI=1S/C25H32O13.C25H32O12.C10H10O4.C9H8O3.C8H8O4.C8H10O3.C8H10O2.3H2/c1-3-13-14(9-19(29)35-7-6-12-4-5-16(27)17(28)8-12)15(23(33)34-2)11-36-24(13)38-25-22(32)21(31)20(30)18(10-26)37-25;1-3-15-16(10-19(28)34-9-8-13-4-6-14(27)7-5-13)17(23(32)33-2)12-35-24(15)37-25-22(31)21(30)20(29)18(11-26)36-25;11-6-8-5-7(1-3-9(8)12)2-4-10(13)14;10-8-4-1-7(2-5-8)3-6-9(11)12;1-12-7-4-5(8(10)11)2-3-6(7)9;9-4-3-6-1-2-7(10)8(11)5-6;9-6-5-7-1-3-8(10)4-2-7;;;/h3-5,8,11,14,18,20-22,24-28,30-32H,6-7,9-10H2,1-2H3;3-7,12,16,18,20-22,24-27,29-31H,8-11H2,1-2H3;1-5,11-12H,6H2,(H,13,14);1-6,10H,(H,11,12);2-4,9H,1H3,(H,10,11);1-2,5,9-11H,3-4H2;1-4,9-10H,5-6H2;3*1H/b13-3+;15-3+;4-2+;6-3+;;;;;;/t14-,18+,20+,21-,22+,24-,25-;16-,18+,20+,21-,22+,24-,25+;;;;;;;;/m00......../s1. The maximum Gasteiger partial charge on any atom is 0.337 e. The van der Waals surface area contributed by atoms with Crippen LogP contribution in [0.15, 0.2) is 205 Å². The molecule has 41 heteroatoms. The third-order valence-electron chi connectivity index (χ3n) is 19.7. The van der Waals surface area contributed by atoms with Crippen LogP contribution in [0.5, 0.6) is 57.5 Å². The second-order valence-electron chi connectivity index (χ2n) is 28.9. The highest BCUT2D eigenvalue weighted by atomic mass is 16.8. The number of aromatic hydroxyl groups is 9. The number of aliphatic hydroxyl groups excluding tert-OH is 11. The van der Waals surface area contributed by atoms with E-state index in [2.05, 4.69) is 0 Å². The number of carbonyl (C=O) groups is 7. The van der Waals surface area contributed by atoms with E-state index in [9.17, 15) is 94.8 Å². The van der Waals surface area contributed by atoms with Crippen LogP contribution in [0.25, 0.3) is 12.2 Å².